The van der Waals surface area contributed by atoms with Gasteiger partial charge in [0.15, 0.2) is 0 Å². The number of rotatable bonds is 6. The number of aryl methyl sites for hydroxylation is 3. The zero-order chi connectivity index (χ0) is 14.7. The summed E-state index contributed by atoms with van der Waals surface area (Å²) in [6.45, 7) is 14.0. The molecule has 1 rings (SSSR count). The molecule has 0 bridgehead atoms. The first kappa shape index (κ1) is 17.0. The highest BCUT2D eigenvalue weighted by molar-refractivity contribution is 14.1. The molecule has 108 valence electrons. The van der Waals surface area contributed by atoms with Crippen LogP contribution in [0.1, 0.15) is 64.7 Å². The van der Waals surface area contributed by atoms with Crippen LogP contribution in [-0.2, 0) is 19.3 Å². The number of benzene rings is 1. The van der Waals surface area contributed by atoms with Crippen molar-refractivity contribution in [3.63, 3.8) is 0 Å². The summed E-state index contributed by atoms with van der Waals surface area (Å²) in [5.74, 6) is 0. The van der Waals surface area contributed by atoms with Crippen molar-refractivity contribution in [3.8, 4) is 0 Å². The Labute approximate surface area is 133 Å². The first-order valence-electron chi connectivity index (χ1n) is 7.51. The van der Waals surface area contributed by atoms with Crippen molar-refractivity contribution in [2.45, 2.75) is 70.6 Å². The molecule has 0 heterocycles. The number of hydrogen-bond acceptors (Lipinski definition) is 0. The lowest BCUT2D eigenvalue weighted by atomic mass is 9.76. The number of alkyl halides is 1. The summed E-state index contributed by atoms with van der Waals surface area (Å²) < 4.78 is 0.334. The quantitative estimate of drug-likeness (QED) is 0.425. The normalized spacial score (nSPS) is 12.8. The molecule has 0 saturated heterocycles. The van der Waals surface area contributed by atoms with Crippen LogP contribution in [0.15, 0.2) is 18.2 Å². The molecule has 0 aliphatic heterocycles. The molecule has 1 aromatic rings. The van der Waals surface area contributed by atoms with Crippen molar-refractivity contribution in [1.29, 1.82) is 0 Å². The standard InChI is InChI=1S/C18H29I/c1-7-14-9-10-16(15(8-2)13-14)11-12-17(3,4)18(5,6)19/h9-10,13H,7-8,11-12H2,1-6H3. The maximum Gasteiger partial charge on any atom is 0.0217 e. The van der Waals surface area contributed by atoms with Gasteiger partial charge in [0.05, 0.1) is 0 Å². The fraction of sp³-hybridized carbons (Fsp3) is 0.667. The summed E-state index contributed by atoms with van der Waals surface area (Å²) in [5, 5.41) is 0. The van der Waals surface area contributed by atoms with Gasteiger partial charge in [0.25, 0.3) is 0 Å². The van der Waals surface area contributed by atoms with Crippen molar-refractivity contribution in [1.82, 2.24) is 0 Å². The number of halogens is 1. The van der Waals surface area contributed by atoms with Crippen LogP contribution in [0.4, 0.5) is 0 Å². The van der Waals surface area contributed by atoms with E-state index in [0.717, 1.165) is 12.8 Å². The first-order valence-corrected chi connectivity index (χ1v) is 8.58. The Morgan fingerprint density at radius 1 is 0.947 bits per heavy atom. The minimum absolute atomic E-state index is 0.334. The third kappa shape index (κ3) is 4.47. The van der Waals surface area contributed by atoms with Crippen LogP contribution in [0.3, 0.4) is 0 Å². The molecule has 1 heteroatoms. The molecule has 19 heavy (non-hydrogen) atoms. The fourth-order valence-corrected chi connectivity index (χ4v) is 2.49. The van der Waals surface area contributed by atoms with Crippen LogP contribution < -0.4 is 0 Å². The fourth-order valence-electron chi connectivity index (χ4n) is 2.22. The van der Waals surface area contributed by atoms with Crippen molar-refractivity contribution >= 4 is 22.6 Å². The van der Waals surface area contributed by atoms with Crippen LogP contribution in [-0.4, -0.2) is 3.42 Å². The van der Waals surface area contributed by atoms with Crippen molar-refractivity contribution in [3.05, 3.63) is 34.9 Å². The van der Waals surface area contributed by atoms with Crippen LogP contribution in [0, 0.1) is 5.41 Å². The lowest BCUT2D eigenvalue weighted by Crippen LogP contribution is -2.33. The van der Waals surface area contributed by atoms with Gasteiger partial charge >= 0.3 is 0 Å². The van der Waals surface area contributed by atoms with E-state index in [0.29, 0.717) is 8.84 Å². The summed E-state index contributed by atoms with van der Waals surface area (Å²) in [6.07, 6.45) is 4.74. The van der Waals surface area contributed by atoms with Crippen LogP contribution >= 0.6 is 22.6 Å². The Hall–Kier alpha value is -0.0500. The monoisotopic (exact) mass is 372 g/mol. The Kier molecular flexibility index (Phi) is 5.91. The predicted molar refractivity (Wildman–Crippen MR) is 95.4 cm³/mol. The smallest absolute Gasteiger partial charge is 0.0217 e. The zero-order valence-corrected chi connectivity index (χ0v) is 15.6. The second-order valence-electron chi connectivity index (χ2n) is 6.67. The molecule has 0 aromatic heterocycles. The molecule has 0 N–H and O–H groups in total. The van der Waals surface area contributed by atoms with Gasteiger partial charge in [0, 0.05) is 3.42 Å². The highest BCUT2D eigenvalue weighted by Crippen LogP contribution is 2.41. The topological polar surface area (TPSA) is 0 Å². The van der Waals surface area contributed by atoms with Crippen molar-refractivity contribution in [2.24, 2.45) is 5.41 Å². The van der Waals surface area contributed by atoms with Gasteiger partial charge in [-0.05, 0) is 47.8 Å². The maximum atomic E-state index is 2.59. The van der Waals surface area contributed by atoms with Crippen LogP contribution in [0.5, 0.6) is 0 Å². The van der Waals surface area contributed by atoms with Gasteiger partial charge < -0.3 is 0 Å². The molecule has 0 aliphatic rings. The van der Waals surface area contributed by atoms with E-state index in [4.69, 9.17) is 0 Å². The van der Waals surface area contributed by atoms with Gasteiger partial charge in [-0.3, -0.25) is 0 Å². The molecule has 0 nitrogen and oxygen atoms in total. The molecule has 0 radical (unpaired) electrons. The van der Waals surface area contributed by atoms with Gasteiger partial charge in [-0.25, -0.2) is 0 Å². The van der Waals surface area contributed by atoms with Gasteiger partial charge in [0.2, 0.25) is 0 Å². The molecular formula is C18H29I. The van der Waals surface area contributed by atoms with E-state index in [1.807, 2.05) is 0 Å². The molecular weight excluding hydrogens is 343 g/mol. The van der Waals surface area contributed by atoms with Gasteiger partial charge in [-0.2, -0.15) is 0 Å². The summed E-state index contributed by atoms with van der Waals surface area (Å²) in [4.78, 5) is 0. The molecule has 0 spiro atoms. The second-order valence-corrected chi connectivity index (χ2v) is 9.36. The minimum atomic E-state index is 0.334. The Balaban J connectivity index is 2.83. The van der Waals surface area contributed by atoms with E-state index < -0.39 is 0 Å². The Bertz CT molecular complexity index is 410. The van der Waals surface area contributed by atoms with Crippen molar-refractivity contribution < 1.29 is 0 Å². The molecule has 0 fully saturated rings. The molecule has 0 atom stereocenters. The third-order valence-corrected chi connectivity index (χ3v) is 6.15. The lowest BCUT2D eigenvalue weighted by molar-refractivity contribution is 0.274. The third-order valence-electron chi connectivity index (χ3n) is 4.69. The highest BCUT2D eigenvalue weighted by Gasteiger charge is 2.33. The molecule has 0 aliphatic carbocycles. The second kappa shape index (κ2) is 6.60. The van der Waals surface area contributed by atoms with E-state index in [1.165, 1.54) is 18.4 Å². The molecule has 0 amide bonds. The van der Waals surface area contributed by atoms with Crippen LogP contribution in [0.25, 0.3) is 0 Å². The molecule has 0 unspecified atom stereocenters. The molecule has 1 aromatic carbocycles. The summed E-state index contributed by atoms with van der Waals surface area (Å²) in [7, 11) is 0. The van der Waals surface area contributed by atoms with E-state index >= 15 is 0 Å². The van der Waals surface area contributed by atoms with Crippen molar-refractivity contribution in [2.75, 3.05) is 0 Å². The summed E-state index contributed by atoms with van der Waals surface area (Å²) in [5.41, 5.74) is 4.92. The van der Waals surface area contributed by atoms with Crippen LogP contribution in [0.2, 0.25) is 0 Å². The van der Waals surface area contributed by atoms with Gasteiger partial charge in [0.1, 0.15) is 0 Å². The maximum absolute atomic E-state index is 2.59. The van der Waals surface area contributed by atoms with Gasteiger partial charge in [-0.15, -0.1) is 0 Å². The predicted octanol–water partition coefficient (Wildman–Crippen LogP) is 5.98. The summed E-state index contributed by atoms with van der Waals surface area (Å²) in [6, 6.07) is 7.06. The Morgan fingerprint density at radius 2 is 1.58 bits per heavy atom. The zero-order valence-electron chi connectivity index (χ0n) is 13.4. The summed E-state index contributed by atoms with van der Waals surface area (Å²) >= 11 is 2.59. The van der Waals surface area contributed by atoms with E-state index in [9.17, 15) is 0 Å². The van der Waals surface area contributed by atoms with E-state index in [2.05, 4.69) is 82.3 Å². The van der Waals surface area contributed by atoms with Gasteiger partial charge in [-0.1, -0.05) is 82.3 Å². The minimum Gasteiger partial charge on any atom is -0.0789 e. The molecule has 0 saturated carbocycles. The largest absolute Gasteiger partial charge is 0.0789 e. The first-order chi connectivity index (χ1) is 8.71. The number of hydrogen-bond donors (Lipinski definition) is 0. The average Bonchev–Trinajstić information content (AvgIpc) is 2.34. The van der Waals surface area contributed by atoms with E-state index in [-0.39, 0.29) is 0 Å². The average molecular weight is 372 g/mol. The Morgan fingerprint density at radius 3 is 2.05 bits per heavy atom. The highest BCUT2D eigenvalue weighted by atomic mass is 127. The lowest BCUT2D eigenvalue weighted by Gasteiger charge is -2.37. The SMILES string of the molecule is CCc1ccc(CCC(C)(C)C(C)(C)I)c(CC)c1. The van der Waals surface area contributed by atoms with E-state index in [1.54, 1.807) is 11.1 Å².